The lowest BCUT2D eigenvalue weighted by Gasteiger charge is -2.13. The molecule has 0 saturated heterocycles. The topological polar surface area (TPSA) is 76.9 Å². The van der Waals surface area contributed by atoms with E-state index in [1.165, 1.54) is 23.1 Å². The minimum absolute atomic E-state index is 0.0962. The molecule has 3 aromatic heterocycles. The quantitative estimate of drug-likeness (QED) is 0.234. The van der Waals surface area contributed by atoms with Crippen LogP contribution in [0.4, 0.5) is 5.69 Å². The van der Waals surface area contributed by atoms with Crippen LogP contribution in [0.5, 0.6) is 0 Å². The molecule has 1 N–H and O–H groups in total. The number of carbonyl (C=O) groups is 1. The maximum absolute atomic E-state index is 13.5. The van der Waals surface area contributed by atoms with Crippen LogP contribution in [-0.2, 0) is 11.3 Å². The number of nitrogens with one attached hydrogen (secondary N) is 1. The minimum atomic E-state index is -0.201. The molecule has 2 aromatic carbocycles. The van der Waals surface area contributed by atoms with Gasteiger partial charge >= 0.3 is 0 Å². The van der Waals surface area contributed by atoms with Gasteiger partial charge in [-0.2, -0.15) is 0 Å². The fraction of sp³-hybridized carbons (Fsp3) is 0.120. The highest BCUT2D eigenvalue weighted by molar-refractivity contribution is 7.99. The average Bonchev–Trinajstić information content (AvgIpc) is 3.22. The predicted octanol–water partition coefficient (Wildman–Crippen LogP) is 5.75. The van der Waals surface area contributed by atoms with Gasteiger partial charge < -0.3 is 5.32 Å². The van der Waals surface area contributed by atoms with E-state index in [2.05, 4.69) is 10.3 Å². The van der Waals surface area contributed by atoms with Gasteiger partial charge in [0.1, 0.15) is 9.53 Å². The Morgan fingerprint density at radius 2 is 1.97 bits per heavy atom. The largest absolute Gasteiger partial charge is 0.325 e. The molecule has 0 aliphatic rings. The molecular formula is C25H19ClN4O2S2. The third-order valence-corrected chi connectivity index (χ3v) is 7.61. The lowest BCUT2D eigenvalue weighted by molar-refractivity contribution is -0.113. The molecule has 0 aliphatic heterocycles. The number of halogens is 1. The lowest BCUT2D eigenvalue weighted by atomic mass is 10.2. The van der Waals surface area contributed by atoms with E-state index in [4.69, 9.17) is 16.6 Å². The summed E-state index contributed by atoms with van der Waals surface area (Å²) in [5.41, 5.74) is 3.05. The molecule has 9 heteroatoms. The van der Waals surface area contributed by atoms with Crippen molar-refractivity contribution >= 4 is 66.7 Å². The molecule has 5 rings (SSSR count). The number of pyridine rings is 1. The molecule has 0 unspecified atom stereocenters. The molecule has 6 nitrogen and oxygen atoms in total. The molecule has 0 spiro atoms. The minimum Gasteiger partial charge on any atom is -0.325 e. The second kappa shape index (κ2) is 9.58. The van der Waals surface area contributed by atoms with Crippen molar-refractivity contribution in [3.8, 4) is 0 Å². The number of nitrogens with zero attached hydrogens (tertiary/aromatic N) is 3. The maximum atomic E-state index is 13.5. The summed E-state index contributed by atoms with van der Waals surface area (Å²) < 4.78 is 2.20. The van der Waals surface area contributed by atoms with Crippen LogP contribution in [0.2, 0.25) is 5.02 Å². The summed E-state index contributed by atoms with van der Waals surface area (Å²) >= 11 is 8.65. The molecule has 170 valence electrons. The zero-order valence-electron chi connectivity index (χ0n) is 18.1. The van der Waals surface area contributed by atoms with E-state index < -0.39 is 0 Å². The van der Waals surface area contributed by atoms with E-state index in [0.717, 1.165) is 21.3 Å². The molecule has 0 radical (unpaired) electrons. The number of aryl methyl sites for hydroxylation is 1. The Kier molecular flexibility index (Phi) is 6.36. The molecule has 1 amide bonds. The Morgan fingerprint density at radius 1 is 1.15 bits per heavy atom. The maximum Gasteiger partial charge on any atom is 0.272 e. The fourth-order valence-electron chi connectivity index (χ4n) is 3.60. The Labute approximate surface area is 208 Å². The summed E-state index contributed by atoms with van der Waals surface area (Å²) in [4.78, 5) is 36.2. The van der Waals surface area contributed by atoms with Crippen LogP contribution < -0.4 is 10.9 Å². The van der Waals surface area contributed by atoms with Gasteiger partial charge in [0.25, 0.3) is 5.56 Å². The first kappa shape index (κ1) is 22.6. The monoisotopic (exact) mass is 506 g/mol. The van der Waals surface area contributed by atoms with Gasteiger partial charge in [-0.3, -0.25) is 14.2 Å². The summed E-state index contributed by atoms with van der Waals surface area (Å²) in [6, 6.07) is 18.8. The van der Waals surface area contributed by atoms with E-state index >= 15 is 0 Å². The van der Waals surface area contributed by atoms with Crippen molar-refractivity contribution in [2.75, 3.05) is 11.1 Å². The van der Waals surface area contributed by atoms with Crippen molar-refractivity contribution in [3.63, 3.8) is 0 Å². The summed E-state index contributed by atoms with van der Waals surface area (Å²) in [6.45, 7) is 2.27. The van der Waals surface area contributed by atoms with Crippen LogP contribution in [0.15, 0.2) is 76.8 Å². The number of anilines is 1. The predicted molar refractivity (Wildman–Crippen MR) is 140 cm³/mol. The van der Waals surface area contributed by atoms with Gasteiger partial charge in [-0.05, 0) is 42.3 Å². The van der Waals surface area contributed by atoms with Crippen molar-refractivity contribution in [1.29, 1.82) is 0 Å². The van der Waals surface area contributed by atoms with Gasteiger partial charge in [-0.15, -0.1) is 11.3 Å². The van der Waals surface area contributed by atoms with E-state index in [0.29, 0.717) is 32.6 Å². The Hall–Kier alpha value is -3.20. The van der Waals surface area contributed by atoms with E-state index in [1.807, 2.05) is 55.5 Å². The Bertz CT molecular complexity index is 1580. The highest BCUT2D eigenvalue weighted by atomic mass is 35.5. The van der Waals surface area contributed by atoms with Crippen LogP contribution >= 0.6 is 34.7 Å². The highest BCUT2D eigenvalue weighted by Gasteiger charge is 2.18. The second-order valence-corrected chi connectivity index (χ2v) is 10.1. The molecule has 3 heterocycles. The van der Waals surface area contributed by atoms with Crippen molar-refractivity contribution in [1.82, 2.24) is 14.5 Å². The number of rotatable bonds is 6. The molecule has 0 fully saturated rings. The fourth-order valence-corrected chi connectivity index (χ4v) is 5.60. The van der Waals surface area contributed by atoms with Gasteiger partial charge in [0.2, 0.25) is 5.91 Å². The Morgan fingerprint density at radius 3 is 2.79 bits per heavy atom. The van der Waals surface area contributed by atoms with Crippen molar-refractivity contribution in [3.05, 3.63) is 93.4 Å². The molecule has 0 saturated carbocycles. The molecule has 5 aromatic rings. The van der Waals surface area contributed by atoms with Crippen LogP contribution in [0.3, 0.4) is 0 Å². The number of amides is 1. The normalized spacial score (nSPS) is 11.2. The highest BCUT2D eigenvalue weighted by Crippen LogP contribution is 2.31. The second-order valence-electron chi connectivity index (χ2n) is 7.70. The Balaban J connectivity index is 1.50. The van der Waals surface area contributed by atoms with Crippen molar-refractivity contribution in [2.24, 2.45) is 0 Å². The number of carbonyl (C=O) groups excluding carboxylic acids is 1. The van der Waals surface area contributed by atoms with E-state index in [-0.39, 0.29) is 17.2 Å². The van der Waals surface area contributed by atoms with Gasteiger partial charge in [0, 0.05) is 22.3 Å². The molecule has 0 bridgehead atoms. The summed E-state index contributed by atoms with van der Waals surface area (Å²) in [7, 11) is 0. The van der Waals surface area contributed by atoms with Gasteiger partial charge in [-0.1, -0.05) is 59.8 Å². The van der Waals surface area contributed by atoms with Gasteiger partial charge in [0.15, 0.2) is 5.16 Å². The van der Waals surface area contributed by atoms with Crippen molar-refractivity contribution < 1.29 is 4.79 Å². The summed E-state index contributed by atoms with van der Waals surface area (Å²) in [6.07, 6.45) is 1.71. The van der Waals surface area contributed by atoms with Gasteiger partial charge in [-0.25, -0.2) is 9.97 Å². The van der Waals surface area contributed by atoms with E-state index in [9.17, 15) is 9.59 Å². The third kappa shape index (κ3) is 4.57. The number of aromatic nitrogens is 3. The smallest absolute Gasteiger partial charge is 0.272 e. The summed E-state index contributed by atoms with van der Waals surface area (Å²) in [5.74, 6) is -0.105. The standard InChI is InChI=1S/C25H19ClN4O2S2/c1-15-9-10-17(26)12-19(15)28-20(31)14-33-25-29-21-18-8-5-11-27-23(18)34-22(21)24(32)30(25)13-16-6-3-2-4-7-16/h2-12H,13-14H2,1H3,(H,28,31). The molecular weight excluding hydrogens is 488 g/mol. The number of fused-ring (bicyclic) bond motifs is 3. The summed E-state index contributed by atoms with van der Waals surface area (Å²) in [5, 5.41) is 4.78. The number of thiophene rings is 1. The first-order valence-corrected chi connectivity index (χ1v) is 12.7. The number of hydrogen-bond donors (Lipinski definition) is 1. The molecule has 0 atom stereocenters. The van der Waals surface area contributed by atoms with Crippen LogP contribution in [0, 0.1) is 6.92 Å². The number of thioether (sulfide) groups is 1. The average molecular weight is 507 g/mol. The van der Waals surface area contributed by atoms with Crippen LogP contribution in [-0.4, -0.2) is 26.2 Å². The van der Waals surface area contributed by atoms with Crippen LogP contribution in [0.1, 0.15) is 11.1 Å². The zero-order valence-corrected chi connectivity index (χ0v) is 20.5. The lowest BCUT2D eigenvalue weighted by Crippen LogP contribution is -2.24. The molecule has 0 aliphatic carbocycles. The first-order chi connectivity index (χ1) is 16.5. The van der Waals surface area contributed by atoms with E-state index in [1.54, 1.807) is 22.9 Å². The SMILES string of the molecule is Cc1ccc(Cl)cc1NC(=O)CSc1nc2c(sc3ncccc32)c(=O)n1Cc1ccccc1. The van der Waals surface area contributed by atoms with Crippen molar-refractivity contribution in [2.45, 2.75) is 18.6 Å². The third-order valence-electron chi connectivity index (χ3n) is 5.31. The molecule has 34 heavy (non-hydrogen) atoms. The van der Waals surface area contributed by atoms with Gasteiger partial charge in [0.05, 0.1) is 17.8 Å². The number of benzene rings is 2. The first-order valence-electron chi connectivity index (χ1n) is 10.5. The number of hydrogen-bond acceptors (Lipinski definition) is 6. The van der Waals surface area contributed by atoms with Crippen LogP contribution in [0.25, 0.3) is 20.4 Å². The zero-order chi connectivity index (χ0) is 23.7.